The first-order chi connectivity index (χ1) is 11.1. The highest BCUT2D eigenvalue weighted by molar-refractivity contribution is 6.02. The molecule has 0 spiro atoms. The minimum atomic E-state index is -0.135. The van der Waals surface area contributed by atoms with Crippen molar-refractivity contribution in [2.75, 3.05) is 7.11 Å². The van der Waals surface area contributed by atoms with Crippen molar-refractivity contribution in [2.24, 2.45) is 11.0 Å². The van der Waals surface area contributed by atoms with Gasteiger partial charge in [0.2, 0.25) is 5.91 Å². The van der Waals surface area contributed by atoms with Gasteiger partial charge in [-0.1, -0.05) is 56.3 Å². The molecule has 0 saturated heterocycles. The van der Waals surface area contributed by atoms with E-state index in [1.54, 1.807) is 7.11 Å². The zero-order chi connectivity index (χ0) is 16.7. The van der Waals surface area contributed by atoms with Gasteiger partial charge in [-0.25, -0.2) is 5.43 Å². The fraction of sp³-hybridized carbons (Fsp3) is 0.263. The molecule has 0 bridgehead atoms. The molecule has 0 radical (unpaired) electrons. The third-order valence-corrected chi connectivity index (χ3v) is 3.44. The Labute approximate surface area is 137 Å². The van der Waals surface area contributed by atoms with Crippen LogP contribution in [0.1, 0.15) is 25.0 Å². The lowest BCUT2D eigenvalue weighted by molar-refractivity contribution is -0.120. The van der Waals surface area contributed by atoms with Crippen molar-refractivity contribution in [2.45, 2.75) is 20.3 Å². The van der Waals surface area contributed by atoms with Crippen LogP contribution < -0.4 is 10.2 Å². The van der Waals surface area contributed by atoms with E-state index in [9.17, 15) is 4.79 Å². The Balaban J connectivity index is 2.02. The van der Waals surface area contributed by atoms with Crippen LogP contribution in [-0.4, -0.2) is 18.7 Å². The van der Waals surface area contributed by atoms with Crippen LogP contribution in [0.4, 0.5) is 0 Å². The second kappa shape index (κ2) is 8.13. The van der Waals surface area contributed by atoms with E-state index in [1.807, 2.05) is 54.6 Å². The van der Waals surface area contributed by atoms with Gasteiger partial charge in [-0.05, 0) is 29.2 Å². The van der Waals surface area contributed by atoms with Gasteiger partial charge in [-0.15, -0.1) is 0 Å². The zero-order valence-corrected chi connectivity index (χ0v) is 13.7. The molecule has 0 aromatic heterocycles. The monoisotopic (exact) mass is 310 g/mol. The van der Waals surface area contributed by atoms with Crippen molar-refractivity contribution >= 4 is 11.6 Å². The first kappa shape index (κ1) is 16.7. The Morgan fingerprint density at radius 1 is 1.09 bits per heavy atom. The van der Waals surface area contributed by atoms with Crippen molar-refractivity contribution < 1.29 is 9.53 Å². The van der Waals surface area contributed by atoms with E-state index in [0.717, 1.165) is 22.6 Å². The quantitative estimate of drug-likeness (QED) is 0.656. The molecule has 0 aliphatic carbocycles. The highest BCUT2D eigenvalue weighted by Gasteiger charge is 2.09. The summed E-state index contributed by atoms with van der Waals surface area (Å²) in [7, 11) is 1.62. The molecule has 4 heteroatoms. The standard InChI is InChI=1S/C19H22N2O2/c1-14(2)19(16-7-5-4-6-8-16)21-20-18(22)13-15-9-11-17(23-3)12-10-15/h4-12,14H,13H2,1-3H3,(H,20,22)/b21-19+. The van der Waals surface area contributed by atoms with E-state index in [4.69, 9.17) is 4.74 Å². The number of ether oxygens (including phenoxy) is 1. The van der Waals surface area contributed by atoms with Crippen LogP contribution in [0, 0.1) is 5.92 Å². The molecule has 1 N–H and O–H groups in total. The van der Waals surface area contributed by atoms with E-state index in [1.165, 1.54) is 0 Å². The van der Waals surface area contributed by atoms with Crippen molar-refractivity contribution in [1.29, 1.82) is 0 Å². The molecule has 4 nitrogen and oxygen atoms in total. The van der Waals surface area contributed by atoms with E-state index in [2.05, 4.69) is 24.4 Å². The molecule has 23 heavy (non-hydrogen) atoms. The van der Waals surface area contributed by atoms with Gasteiger partial charge in [0.1, 0.15) is 5.75 Å². The summed E-state index contributed by atoms with van der Waals surface area (Å²) in [6, 6.07) is 17.3. The molecule has 0 fully saturated rings. The second-order valence-electron chi connectivity index (χ2n) is 5.58. The summed E-state index contributed by atoms with van der Waals surface area (Å²) in [4.78, 5) is 12.1. The number of hydrogen-bond acceptors (Lipinski definition) is 3. The number of methoxy groups -OCH3 is 1. The summed E-state index contributed by atoms with van der Waals surface area (Å²) in [5, 5.41) is 4.32. The minimum Gasteiger partial charge on any atom is -0.497 e. The molecular weight excluding hydrogens is 288 g/mol. The lowest BCUT2D eigenvalue weighted by atomic mass is 10.0. The Hall–Kier alpha value is -2.62. The van der Waals surface area contributed by atoms with E-state index in [-0.39, 0.29) is 18.2 Å². The van der Waals surface area contributed by atoms with Gasteiger partial charge in [0.05, 0.1) is 19.2 Å². The summed E-state index contributed by atoms with van der Waals surface area (Å²) in [6.07, 6.45) is 0.285. The average Bonchev–Trinajstić information content (AvgIpc) is 2.56. The molecule has 2 aromatic rings. The third kappa shape index (κ3) is 4.95. The van der Waals surface area contributed by atoms with Gasteiger partial charge in [-0.2, -0.15) is 5.10 Å². The Bertz CT molecular complexity index is 662. The normalized spacial score (nSPS) is 11.4. The smallest absolute Gasteiger partial charge is 0.244 e. The Morgan fingerprint density at radius 2 is 1.74 bits per heavy atom. The topological polar surface area (TPSA) is 50.7 Å². The van der Waals surface area contributed by atoms with Crippen molar-refractivity contribution in [3.63, 3.8) is 0 Å². The van der Waals surface area contributed by atoms with E-state index in [0.29, 0.717) is 0 Å². The summed E-state index contributed by atoms with van der Waals surface area (Å²) in [5.74, 6) is 0.862. The van der Waals surface area contributed by atoms with Gasteiger partial charge in [0.25, 0.3) is 0 Å². The zero-order valence-electron chi connectivity index (χ0n) is 13.7. The molecule has 0 atom stereocenters. The number of hydrogen-bond donors (Lipinski definition) is 1. The van der Waals surface area contributed by atoms with Gasteiger partial charge in [0.15, 0.2) is 0 Å². The first-order valence-electron chi connectivity index (χ1n) is 7.65. The maximum atomic E-state index is 12.1. The van der Waals surface area contributed by atoms with Gasteiger partial charge in [0, 0.05) is 0 Å². The van der Waals surface area contributed by atoms with Crippen LogP contribution in [0.15, 0.2) is 59.7 Å². The van der Waals surface area contributed by atoms with Crippen molar-refractivity contribution in [3.05, 3.63) is 65.7 Å². The second-order valence-corrected chi connectivity index (χ2v) is 5.58. The van der Waals surface area contributed by atoms with Crippen LogP contribution in [0.25, 0.3) is 0 Å². The molecule has 120 valence electrons. The van der Waals surface area contributed by atoms with Gasteiger partial charge < -0.3 is 4.74 Å². The molecule has 0 saturated carbocycles. The molecule has 0 unspecified atom stereocenters. The number of nitrogens with zero attached hydrogens (tertiary/aromatic N) is 1. The van der Waals surface area contributed by atoms with Crippen molar-refractivity contribution in [1.82, 2.24) is 5.43 Å². The predicted molar refractivity (Wildman–Crippen MR) is 92.7 cm³/mol. The molecular formula is C19H22N2O2. The van der Waals surface area contributed by atoms with Crippen molar-refractivity contribution in [3.8, 4) is 5.75 Å². The maximum absolute atomic E-state index is 12.1. The number of carbonyl (C=O) groups is 1. The summed E-state index contributed by atoms with van der Waals surface area (Å²) in [5.41, 5.74) is 5.47. The van der Waals surface area contributed by atoms with E-state index < -0.39 is 0 Å². The molecule has 0 heterocycles. The lowest BCUT2D eigenvalue weighted by Crippen LogP contribution is -2.23. The van der Waals surface area contributed by atoms with Gasteiger partial charge in [-0.3, -0.25) is 4.79 Å². The average molecular weight is 310 g/mol. The van der Waals surface area contributed by atoms with Crippen LogP contribution in [0.3, 0.4) is 0 Å². The van der Waals surface area contributed by atoms with Gasteiger partial charge >= 0.3 is 0 Å². The summed E-state index contributed by atoms with van der Waals surface area (Å²) >= 11 is 0. The molecule has 0 aliphatic rings. The fourth-order valence-electron chi connectivity index (χ4n) is 2.23. The number of benzene rings is 2. The van der Waals surface area contributed by atoms with Crippen LogP contribution in [0.5, 0.6) is 5.75 Å². The predicted octanol–water partition coefficient (Wildman–Crippen LogP) is 3.41. The summed E-state index contributed by atoms with van der Waals surface area (Å²) in [6.45, 7) is 4.11. The number of nitrogens with one attached hydrogen (secondary N) is 1. The van der Waals surface area contributed by atoms with E-state index >= 15 is 0 Å². The molecule has 1 amide bonds. The SMILES string of the molecule is COc1ccc(CC(=O)N/N=C(/c2ccccc2)C(C)C)cc1. The van der Waals surface area contributed by atoms with Crippen LogP contribution in [0.2, 0.25) is 0 Å². The largest absolute Gasteiger partial charge is 0.497 e. The number of hydrazone groups is 1. The highest BCUT2D eigenvalue weighted by Crippen LogP contribution is 2.12. The molecule has 2 aromatic carbocycles. The van der Waals surface area contributed by atoms with Crippen LogP contribution in [-0.2, 0) is 11.2 Å². The lowest BCUT2D eigenvalue weighted by Gasteiger charge is -2.10. The number of amides is 1. The Morgan fingerprint density at radius 3 is 2.30 bits per heavy atom. The number of carbonyl (C=O) groups excluding carboxylic acids is 1. The number of rotatable bonds is 6. The highest BCUT2D eigenvalue weighted by atomic mass is 16.5. The summed E-state index contributed by atoms with van der Waals surface area (Å²) < 4.78 is 5.11. The van der Waals surface area contributed by atoms with Crippen LogP contribution >= 0.6 is 0 Å². The fourth-order valence-corrected chi connectivity index (χ4v) is 2.23. The molecule has 0 aliphatic heterocycles. The Kier molecular flexibility index (Phi) is 5.92. The first-order valence-corrected chi connectivity index (χ1v) is 7.65. The molecule has 2 rings (SSSR count). The minimum absolute atomic E-state index is 0.135. The third-order valence-electron chi connectivity index (χ3n) is 3.44. The maximum Gasteiger partial charge on any atom is 0.244 e.